The van der Waals surface area contributed by atoms with Gasteiger partial charge in [-0.2, -0.15) is 20.7 Å². The summed E-state index contributed by atoms with van der Waals surface area (Å²) in [5, 5.41) is 18.8. The monoisotopic (exact) mass is 209 g/mol. The van der Waals surface area contributed by atoms with Crippen molar-refractivity contribution < 1.29 is 0 Å². The zero-order chi connectivity index (χ0) is 11.7. The fourth-order valence-corrected chi connectivity index (χ4v) is 1.02. The summed E-state index contributed by atoms with van der Waals surface area (Å²) >= 11 is 0. The Balaban J connectivity index is 0.000000921. The smallest absolute Gasteiger partial charge is 0.0965 e. The summed E-state index contributed by atoms with van der Waals surface area (Å²) in [6, 6.07) is 2.47. The van der Waals surface area contributed by atoms with Gasteiger partial charge in [0.05, 0.1) is 24.5 Å². The van der Waals surface area contributed by atoms with Crippen molar-refractivity contribution in [2.24, 2.45) is 0 Å². The normalized spacial score (nSPS) is 9.67. The van der Waals surface area contributed by atoms with Crippen LogP contribution in [0.15, 0.2) is 6.20 Å². The molecule has 5 heteroatoms. The van der Waals surface area contributed by atoms with Gasteiger partial charge in [-0.15, -0.1) is 0 Å². The molecule has 0 atom stereocenters. The molecule has 84 valence electrons. The molecule has 1 aromatic heterocycles. The molecule has 0 fully saturated rings. The molecule has 0 aliphatic heterocycles. The highest BCUT2D eigenvalue weighted by Crippen LogP contribution is 2.03. The van der Waals surface area contributed by atoms with Crippen LogP contribution in [0.3, 0.4) is 0 Å². The molecule has 0 aliphatic carbocycles. The van der Waals surface area contributed by atoms with Crippen LogP contribution in [0.1, 0.15) is 33.4 Å². The Morgan fingerprint density at radius 3 is 2.60 bits per heavy atom. The first-order valence-corrected chi connectivity index (χ1v) is 5.19. The molecule has 0 unspecified atom stereocenters. The van der Waals surface area contributed by atoms with E-state index in [0.717, 1.165) is 5.69 Å². The lowest BCUT2D eigenvalue weighted by Gasteiger charge is -2.21. The van der Waals surface area contributed by atoms with E-state index >= 15 is 0 Å². The van der Waals surface area contributed by atoms with Gasteiger partial charge in [0.2, 0.25) is 0 Å². The molecule has 0 saturated carbocycles. The van der Waals surface area contributed by atoms with Gasteiger partial charge in [-0.3, -0.25) is 4.90 Å². The molecule has 0 bridgehead atoms. The maximum Gasteiger partial charge on any atom is 0.0965 e. The number of nitrogens with one attached hydrogen (secondary N) is 1. The van der Waals surface area contributed by atoms with Crippen LogP contribution in [0, 0.1) is 11.3 Å². The summed E-state index contributed by atoms with van der Waals surface area (Å²) in [6.45, 7) is 9.20. The minimum absolute atomic E-state index is 0.344. The summed E-state index contributed by atoms with van der Waals surface area (Å²) in [4.78, 5) is 2.03. The van der Waals surface area contributed by atoms with Gasteiger partial charge in [0, 0.05) is 12.6 Å². The minimum atomic E-state index is 0.344. The molecule has 1 rings (SSSR count). The molecule has 0 aliphatic rings. The van der Waals surface area contributed by atoms with Gasteiger partial charge in [0.1, 0.15) is 0 Å². The maximum absolute atomic E-state index is 8.58. The lowest BCUT2D eigenvalue weighted by atomic mass is 10.3. The highest BCUT2D eigenvalue weighted by atomic mass is 15.3. The van der Waals surface area contributed by atoms with Crippen molar-refractivity contribution in [2.75, 3.05) is 6.54 Å². The molecule has 0 amide bonds. The number of hydrogen-bond acceptors (Lipinski definition) is 4. The van der Waals surface area contributed by atoms with Crippen molar-refractivity contribution in [2.45, 2.75) is 40.3 Å². The predicted molar refractivity (Wildman–Crippen MR) is 58.9 cm³/mol. The topological polar surface area (TPSA) is 68.6 Å². The van der Waals surface area contributed by atoms with Crippen LogP contribution in [-0.2, 0) is 6.54 Å². The van der Waals surface area contributed by atoms with Crippen molar-refractivity contribution >= 4 is 0 Å². The molecule has 5 nitrogen and oxygen atoms in total. The standard InChI is InChI=1S/C8H13N5.C2H6/c1-7(2)13(4-3-9)6-8-5-10-12-11-8;1-2/h5,7H,4,6H2,1-2H3,(H,10,11,12);1-2H3. The van der Waals surface area contributed by atoms with E-state index in [0.29, 0.717) is 19.1 Å². The van der Waals surface area contributed by atoms with E-state index < -0.39 is 0 Å². The Hall–Kier alpha value is -1.41. The third-order valence-corrected chi connectivity index (χ3v) is 1.83. The van der Waals surface area contributed by atoms with Crippen LogP contribution >= 0.6 is 0 Å². The molecule has 1 heterocycles. The highest BCUT2D eigenvalue weighted by Gasteiger charge is 2.10. The van der Waals surface area contributed by atoms with Crippen LogP contribution in [-0.4, -0.2) is 32.9 Å². The Bertz CT molecular complexity index is 273. The van der Waals surface area contributed by atoms with E-state index in [1.54, 1.807) is 6.20 Å². The zero-order valence-electron chi connectivity index (χ0n) is 9.86. The summed E-state index contributed by atoms with van der Waals surface area (Å²) in [6.07, 6.45) is 1.67. The van der Waals surface area contributed by atoms with E-state index in [9.17, 15) is 0 Å². The quantitative estimate of drug-likeness (QED) is 0.764. The molecular weight excluding hydrogens is 190 g/mol. The second-order valence-corrected chi connectivity index (χ2v) is 3.12. The average Bonchev–Trinajstić information content (AvgIpc) is 2.73. The number of aromatic nitrogens is 3. The molecule has 0 aromatic carbocycles. The van der Waals surface area contributed by atoms with E-state index in [2.05, 4.69) is 35.3 Å². The minimum Gasteiger partial charge on any atom is -0.282 e. The van der Waals surface area contributed by atoms with Gasteiger partial charge in [-0.05, 0) is 13.8 Å². The second-order valence-electron chi connectivity index (χ2n) is 3.12. The summed E-state index contributed by atoms with van der Waals surface area (Å²) < 4.78 is 0. The fraction of sp³-hybridized carbons (Fsp3) is 0.700. The number of nitrogens with zero attached hydrogens (tertiary/aromatic N) is 4. The molecule has 0 radical (unpaired) electrons. The SMILES string of the molecule is CC.CC(C)N(CC#N)Cc1cn[nH]n1. The third kappa shape index (κ3) is 5.13. The fourth-order valence-electron chi connectivity index (χ4n) is 1.02. The second kappa shape index (κ2) is 7.94. The van der Waals surface area contributed by atoms with Crippen LogP contribution in [0.5, 0.6) is 0 Å². The first-order chi connectivity index (χ1) is 7.24. The van der Waals surface area contributed by atoms with Gasteiger partial charge in [0.25, 0.3) is 0 Å². The van der Waals surface area contributed by atoms with Gasteiger partial charge in [-0.1, -0.05) is 13.8 Å². The number of nitriles is 1. The van der Waals surface area contributed by atoms with Gasteiger partial charge < -0.3 is 0 Å². The average molecular weight is 209 g/mol. The van der Waals surface area contributed by atoms with Crippen LogP contribution < -0.4 is 0 Å². The van der Waals surface area contributed by atoms with Crippen LogP contribution in [0.4, 0.5) is 0 Å². The molecular formula is C10H19N5. The largest absolute Gasteiger partial charge is 0.282 e. The molecule has 15 heavy (non-hydrogen) atoms. The van der Waals surface area contributed by atoms with Crippen molar-refractivity contribution in [1.82, 2.24) is 20.3 Å². The Morgan fingerprint density at radius 2 is 2.20 bits per heavy atom. The first-order valence-electron chi connectivity index (χ1n) is 5.19. The lowest BCUT2D eigenvalue weighted by molar-refractivity contribution is 0.237. The number of hydrogen-bond donors (Lipinski definition) is 1. The molecule has 0 spiro atoms. The Morgan fingerprint density at radius 1 is 1.53 bits per heavy atom. The van der Waals surface area contributed by atoms with Crippen molar-refractivity contribution in [3.63, 3.8) is 0 Å². The first kappa shape index (κ1) is 13.6. The lowest BCUT2D eigenvalue weighted by Crippen LogP contribution is -2.30. The van der Waals surface area contributed by atoms with E-state index in [4.69, 9.17) is 5.26 Å². The van der Waals surface area contributed by atoms with E-state index in [1.165, 1.54) is 0 Å². The summed E-state index contributed by atoms with van der Waals surface area (Å²) in [7, 11) is 0. The summed E-state index contributed by atoms with van der Waals surface area (Å²) in [5.41, 5.74) is 0.865. The number of rotatable bonds is 4. The van der Waals surface area contributed by atoms with Crippen molar-refractivity contribution in [1.29, 1.82) is 5.26 Å². The number of H-pyrrole nitrogens is 1. The van der Waals surface area contributed by atoms with Gasteiger partial charge in [0.15, 0.2) is 0 Å². The predicted octanol–water partition coefficient (Wildman–Crippen LogP) is 1.56. The van der Waals surface area contributed by atoms with Gasteiger partial charge >= 0.3 is 0 Å². The maximum atomic E-state index is 8.58. The zero-order valence-corrected chi connectivity index (χ0v) is 9.86. The summed E-state index contributed by atoms with van der Waals surface area (Å²) in [5.74, 6) is 0. The molecule has 0 saturated heterocycles. The van der Waals surface area contributed by atoms with Crippen LogP contribution in [0.25, 0.3) is 0 Å². The number of aromatic amines is 1. The Kier molecular flexibility index (Phi) is 7.20. The highest BCUT2D eigenvalue weighted by molar-refractivity contribution is 4.92. The van der Waals surface area contributed by atoms with Crippen molar-refractivity contribution in [3.05, 3.63) is 11.9 Å². The molecule has 1 N–H and O–H groups in total. The molecule has 1 aromatic rings. The Labute approximate surface area is 91.1 Å². The van der Waals surface area contributed by atoms with Crippen molar-refractivity contribution in [3.8, 4) is 6.07 Å². The van der Waals surface area contributed by atoms with Crippen LogP contribution in [0.2, 0.25) is 0 Å². The van der Waals surface area contributed by atoms with E-state index in [-0.39, 0.29) is 0 Å². The van der Waals surface area contributed by atoms with E-state index in [1.807, 2.05) is 18.7 Å². The van der Waals surface area contributed by atoms with Gasteiger partial charge in [-0.25, -0.2) is 0 Å². The third-order valence-electron chi connectivity index (χ3n) is 1.83.